The highest BCUT2D eigenvalue weighted by atomic mass is 32.1. The van der Waals surface area contributed by atoms with Crippen molar-refractivity contribution in [2.45, 2.75) is 19.0 Å². The fourth-order valence-corrected chi connectivity index (χ4v) is 4.22. The first-order valence-electron chi connectivity index (χ1n) is 10.9. The monoisotopic (exact) mass is 493 g/mol. The highest BCUT2D eigenvalue weighted by molar-refractivity contribution is 7.80. The Morgan fingerprint density at radius 2 is 1.51 bits per heavy atom. The van der Waals surface area contributed by atoms with E-state index in [0.717, 1.165) is 5.56 Å². The van der Waals surface area contributed by atoms with Crippen LogP contribution in [0.3, 0.4) is 0 Å². The molecule has 0 aromatic heterocycles. The van der Waals surface area contributed by atoms with Crippen molar-refractivity contribution < 1.29 is 23.5 Å². The molecule has 1 N–H and O–H groups in total. The van der Waals surface area contributed by atoms with Gasteiger partial charge in [-0.3, -0.25) is 14.5 Å². The number of halogens is 1. The minimum absolute atomic E-state index is 0.112. The maximum atomic E-state index is 13.5. The summed E-state index contributed by atoms with van der Waals surface area (Å²) in [5.74, 6) is 0.304. The van der Waals surface area contributed by atoms with E-state index in [0.29, 0.717) is 22.9 Å². The van der Waals surface area contributed by atoms with Crippen LogP contribution in [0.15, 0.2) is 72.8 Å². The van der Waals surface area contributed by atoms with E-state index in [1.807, 2.05) is 0 Å². The van der Waals surface area contributed by atoms with Crippen molar-refractivity contribution in [1.82, 2.24) is 4.90 Å². The zero-order valence-corrected chi connectivity index (χ0v) is 20.0. The maximum absolute atomic E-state index is 13.5. The molecule has 1 atom stereocenters. The van der Waals surface area contributed by atoms with Crippen LogP contribution in [0.1, 0.15) is 12.0 Å². The Morgan fingerprint density at radius 3 is 2.09 bits per heavy atom. The van der Waals surface area contributed by atoms with Gasteiger partial charge in [0.2, 0.25) is 5.91 Å². The molecule has 0 saturated carbocycles. The summed E-state index contributed by atoms with van der Waals surface area (Å²) in [4.78, 5) is 29.5. The molecule has 1 aliphatic rings. The first-order chi connectivity index (χ1) is 16.9. The summed E-state index contributed by atoms with van der Waals surface area (Å²) in [6, 6.07) is 19.0. The molecule has 0 bridgehead atoms. The second kappa shape index (κ2) is 10.5. The number of benzene rings is 3. The maximum Gasteiger partial charge on any atom is 0.256 e. The minimum atomic E-state index is -0.826. The lowest BCUT2D eigenvalue weighted by Gasteiger charge is -2.24. The summed E-state index contributed by atoms with van der Waals surface area (Å²) in [7, 11) is 3.12. The van der Waals surface area contributed by atoms with E-state index in [1.54, 1.807) is 79.8 Å². The lowest BCUT2D eigenvalue weighted by molar-refractivity contribution is -0.124. The number of ether oxygens (including phenoxy) is 2. The molecule has 3 aromatic rings. The number of hydrogen-bond donors (Lipinski definition) is 1. The number of carbonyl (C=O) groups is 2. The van der Waals surface area contributed by atoms with Gasteiger partial charge >= 0.3 is 0 Å². The molecule has 3 aromatic carbocycles. The third-order valence-corrected chi connectivity index (χ3v) is 6.09. The van der Waals surface area contributed by atoms with Gasteiger partial charge in [0.15, 0.2) is 5.11 Å². The highest BCUT2D eigenvalue weighted by Crippen LogP contribution is 2.30. The van der Waals surface area contributed by atoms with Gasteiger partial charge in [0.1, 0.15) is 23.4 Å². The van der Waals surface area contributed by atoms with Gasteiger partial charge < -0.3 is 19.7 Å². The molecule has 1 heterocycles. The van der Waals surface area contributed by atoms with Crippen LogP contribution in [0.4, 0.5) is 15.8 Å². The average Bonchev–Trinajstić information content (AvgIpc) is 3.09. The number of amides is 2. The van der Waals surface area contributed by atoms with E-state index >= 15 is 0 Å². The van der Waals surface area contributed by atoms with Crippen LogP contribution in [-0.4, -0.2) is 42.1 Å². The van der Waals surface area contributed by atoms with Crippen molar-refractivity contribution in [2.24, 2.45) is 0 Å². The molecule has 1 aliphatic heterocycles. The minimum Gasteiger partial charge on any atom is -0.497 e. The Bertz CT molecular complexity index is 1220. The average molecular weight is 494 g/mol. The van der Waals surface area contributed by atoms with Crippen LogP contribution in [0.5, 0.6) is 11.5 Å². The summed E-state index contributed by atoms with van der Waals surface area (Å²) in [6.45, 7) is 0.248. The Balaban J connectivity index is 1.58. The van der Waals surface area contributed by atoms with Gasteiger partial charge in [-0.15, -0.1) is 0 Å². The van der Waals surface area contributed by atoms with Crippen LogP contribution < -0.4 is 19.7 Å². The molecule has 1 unspecified atom stereocenters. The standard InChI is InChI=1S/C26H24FN3O4S/c1-33-21-11-7-19(8-12-21)28-24(31)15-23-25(32)30(20-9-13-22(34-2)14-10-20)26(35)29(23)16-17-3-5-18(27)6-4-17/h3-14,23H,15-16H2,1-2H3,(H,28,31). The molecule has 1 saturated heterocycles. The molecule has 4 rings (SSSR count). The SMILES string of the molecule is COc1ccc(NC(=O)CC2C(=O)N(c3ccc(OC)cc3)C(=S)N2Cc2ccc(F)cc2)cc1. The Hall–Kier alpha value is -3.98. The summed E-state index contributed by atoms with van der Waals surface area (Å²) >= 11 is 5.67. The van der Waals surface area contributed by atoms with E-state index in [1.165, 1.54) is 17.0 Å². The van der Waals surface area contributed by atoms with Crippen molar-refractivity contribution in [1.29, 1.82) is 0 Å². The normalized spacial score (nSPS) is 15.3. The van der Waals surface area contributed by atoms with Crippen LogP contribution in [0.25, 0.3) is 0 Å². The molecular formula is C26H24FN3O4S. The van der Waals surface area contributed by atoms with Crippen molar-refractivity contribution in [3.05, 3.63) is 84.2 Å². The second-order valence-corrected chi connectivity index (χ2v) is 8.27. The molecule has 180 valence electrons. The number of hydrogen-bond acceptors (Lipinski definition) is 5. The quantitative estimate of drug-likeness (QED) is 0.470. The van der Waals surface area contributed by atoms with Gasteiger partial charge in [-0.1, -0.05) is 12.1 Å². The van der Waals surface area contributed by atoms with Crippen molar-refractivity contribution >= 4 is 40.5 Å². The molecule has 7 nitrogen and oxygen atoms in total. The zero-order valence-electron chi connectivity index (χ0n) is 19.2. The van der Waals surface area contributed by atoms with Crippen LogP contribution in [0.2, 0.25) is 0 Å². The lowest BCUT2D eigenvalue weighted by atomic mass is 10.1. The number of nitrogens with one attached hydrogen (secondary N) is 1. The predicted octanol–water partition coefficient (Wildman–Crippen LogP) is 4.37. The molecule has 1 fully saturated rings. The molecule has 0 aliphatic carbocycles. The number of anilines is 2. The van der Waals surface area contributed by atoms with E-state index < -0.39 is 6.04 Å². The number of methoxy groups -OCH3 is 2. The van der Waals surface area contributed by atoms with Gasteiger partial charge in [0.25, 0.3) is 5.91 Å². The first-order valence-corrected chi connectivity index (χ1v) is 11.3. The number of carbonyl (C=O) groups excluding carboxylic acids is 2. The van der Waals surface area contributed by atoms with Gasteiger partial charge in [0, 0.05) is 12.2 Å². The number of thiocarbonyl (C=S) groups is 1. The van der Waals surface area contributed by atoms with E-state index in [9.17, 15) is 14.0 Å². The Morgan fingerprint density at radius 1 is 0.943 bits per heavy atom. The third kappa shape index (κ3) is 5.41. The number of nitrogens with zero attached hydrogens (tertiary/aromatic N) is 2. The zero-order chi connectivity index (χ0) is 24.9. The first kappa shape index (κ1) is 24.2. The highest BCUT2D eigenvalue weighted by Gasteiger charge is 2.44. The largest absolute Gasteiger partial charge is 0.497 e. The van der Waals surface area contributed by atoms with Crippen molar-refractivity contribution in [3.63, 3.8) is 0 Å². The van der Waals surface area contributed by atoms with Crippen LogP contribution in [-0.2, 0) is 16.1 Å². The fourth-order valence-electron chi connectivity index (χ4n) is 3.83. The third-order valence-electron chi connectivity index (χ3n) is 5.67. The molecular weight excluding hydrogens is 469 g/mol. The van der Waals surface area contributed by atoms with Gasteiger partial charge in [-0.25, -0.2) is 4.39 Å². The van der Waals surface area contributed by atoms with Crippen molar-refractivity contribution in [2.75, 3.05) is 24.4 Å². The van der Waals surface area contributed by atoms with Gasteiger partial charge in [0.05, 0.1) is 26.3 Å². The molecule has 0 radical (unpaired) electrons. The predicted molar refractivity (Wildman–Crippen MR) is 135 cm³/mol. The van der Waals surface area contributed by atoms with Crippen LogP contribution in [0, 0.1) is 5.82 Å². The Kier molecular flexibility index (Phi) is 7.26. The summed E-state index contributed by atoms with van der Waals surface area (Å²) in [5, 5.41) is 3.09. The second-order valence-electron chi connectivity index (χ2n) is 7.91. The van der Waals surface area contributed by atoms with Gasteiger partial charge in [-0.05, 0) is 78.4 Å². The fraction of sp³-hybridized carbons (Fsp3) is 0.192. The van der Waals surface area contributed by atoms with E-state index in [-0.39, 0.29) is 35.7 Å². The summed E-state index contributed by atoms with van der Waals surface area (Å²) < 4.78 is 23.8. The molecule has 9 heteroatoms. The van der Waals surface area contributed by atoms with E-state index in [4.69, 9.17) is 21.7 Å². The lowest BCUT2D eigenvalue weighted by Crippen LogP contribution is -2.37. The summed E-state index contributed by atoms with van der Waals surface area (Å²) in [5.41, 5.74) is 1.92. The van der Waals surface area contributed by atoms with Crippen molar-refractivity contribution in [3.8, 4) is 11.5 Å². The smallest absolute Gasteiger partial charge is 0.256 e. The Labute approximate surface area is 208 Å². The molecule has 35 heavy (non-hydrogen) atoms. The van der Waals surface area contributed by atoms with E-state index in [2.05, 4.69) is 5.32 Å². The molecule has 2 amide bonds. The van der Waals surface area contributed by atoms with Gasteiger partial charge in [-0.2, -0.15) is 0 Å². The molecule has 0 spiro atoms. The topological polar surface area (TPSA) is 71.1 Å². The van der Waals surface area contributed by atoms with Crippen LogP contribution >= 0.6 is 12.2 Å². The summed E-state index contributed by atoms with van der Waals surface area (Å²) in [6.07, 6.45) is -0.112. The number of rotatable bonds is 8.